The first-order valence-corrected chi connectivity index (χ1v) is 14.9. The zero-order chi connectivity index (χ0) is 31.3. The average Bonchev–Trinajstić information content (AvgIpc) is 2.98. The predicted molar refractivity (Wildman–Crippen MR) is 173 cm³/mol. The van der Waals surface area contributed by atoms with Gasteiger partial charge in [0.05, 0.1) is 17.8 Å². The number of carbonyl (C=O) groups is 2. The van der Waals surface area contributed by atoms with Crippen LogP contribution in [-0.2, 0) is 11.3 Å². The van der Waals surface area contributed by atoms with Crippen LogP contribution in [0, 0.1) is 27.7 Å². The molecule has 0 aliphatic carbocycles. The number of rotatable bonds is 8. The highest BCUT2D eigenvalue weighted by atomic mass is 19.1. The number of alkyl halides is 1. The van der Waals surface area contributed by atoms with Crippen molar-refractivity contribution in [2.24, 2.45) is 0 Å². The molecule has 1 aromatic heterocycles. The molecule has 5 rings (SSSR count). The lowest BCUT2D eigenvalue weighted by Crippen LogP contribution is -2.48. The number of aromatic nitrogens is 1. The van der Waals surface area contributed by atoms with E-state index in [-0.39, 0.29) is 31.9 Å². The summed E-state index contributed by atoms with van der Waals surface area (Å²) >= 11 is 0. The first-order chi connectivity index (χ1) is 21.1. The molecule has 0 radical (unpaired) electrons. The Labute approximate surface area is 258 Å². The molecule has 7 nitrogen and oxygen atoms in total. The number of hydrogen-bond donors (Lipinski definition) is 2. The number of amides is 2. The van der Waals surface area contributed by atoms with E-state index in [0.29, 0.717) is 24.3 Å². The van der Waals surface area contributed by atoms with Gasteiger partial charge in [0.25, 0.3) is 5.91 Å². The summed E-state index contributed by atoms with van der Waals surface area (Å²) in [5.41, 5.74) is 7.19. The lowest BCUT2D eigenvalue weighted by Gasteiger charge is -2.39. The molecule has 0 atom stereocenters. The highest BCUT2D eigenvalue weighted by Crippen LogP contribution is 2.38. The molecule has 1 aliphatic rings. The van der Waals surface area contributed by atoms with Crippen LogP contribution < -0.4 is 15.5 Å². The summed E-state index contributed by atoms with van der Waals surface area (Å²) in [5.74, 6) is -0.274. The highest BCUT2D eigenvalue weighted by Gasteiger charge is 2.37. The number of pyridine rings is 1. The first-order valence-electron chi connectivity index (χ1n) is 14.9. The van der Waals surface area contributed by atoms with Gasteiger partial charge >= 0.3 is 6.09 Å². The summed E-state index contributed by atoms with van der Waals surface area (Å²) in [4.78, 5) is 32.6. The van der Waals surface area contributed by atoms with E-state index in [4.69, 9.17) is 4.74 Å². The molecule has 4 aromatic rings. The number of halogens is 1. The normalized spacial score (nSPS) is 14.2. The van der Waals surface area contributed by atoms with Gasteiger partial charge < -0.3 is 20.3 Å². The van der Waals surface area contributed by atoms with Crippen LogP contribution in [0.4, 0.5) is 20.6 Å². The molecule has 1 saturated heterocycles. The molecule has 2 N–H and O–H groups in total. The van der Waals surface area contributed by atoms with Crippen LogP contribution in [0.25, 0.3) is 11.1 Å². The minimum absolute atomic E-state index is 0.121. The van der Waals surface area contributed by atoms with Crippen LogP contribution in [0.5, 0.6) is 0 Å². The minimum Gasteiger partial charge on any atom is -0.445 e. The molecule has 228 valence electrons. The monoisotopic (exact) mass is 594 g/mol. The largest absolute Gasteiger partial charge is 0.445 e. The van der Waals surface area contributed by atoms with Gasteiger partial charge in [-0.15, -0.1) is 0 Å². The van der Waals surface area contributed by atoms with E-state index in [1.807, 2.05) is 70.2 Å². The van der Waals surface area contributed by atoms with E-state index in [0.717, 1.165) is 44.6 Å². The van der Waals surface area contributed by atoms with E-state index in [1.54, 1.807) is 12.4 Å². The Morgan fingerprint density at radius 1 is 0.886 bits per heavy atom. The zero-order valence-electron chi connectivity index (χ0n) is 25.7. The third kappa shape index (κ3) is 7.61. The fourth-order valence-electron chi connectivity index (χ4n) is 5.86. The number of nitrogens with one attached hydrogen (secondary N) is 2. The van der Waals surface area contributed by atoms with Crippen molar-refractivity contribution in [3.8, 4) is 11.1 Å². The Kier molecular flexibility index (Phi) is 9.28. The number of ether oxygens (including phenoxy) is 1. The molecule has 0 saturated carbocycles. The van der Waals surface area contributed by atoms with Gasteiger partial charge in [0.1, 0.15) is 12.3 Å². The molecule has 44 heavy (non-hydrogen) atoms. The molecule has 1 fully saturated rings. The van der Waals surface area contributed by atoms with Crippen molar-refractivity contribution in [3.63, 3.8) is 0 Å². The molecule has 2 amide bonds. The van der Waals surface area contributed by atoms with Crippen molar-refractivity contribution >= 4 is 23.4 Å². The van der Waals surface area contributed by atoms with Crippen molar-refractivity contribution in [2.75, 3.05) is 29.9 Å². The van der Waals surface area contributed by atoms with Crippen molar-refractivity contribution < 1.29 is 18.7 Å². The standard InChI is InChI=1S/C36H39FN4O3/c1-24-14-25(2)17-29(16-24)31-20-38-21-32(34(42)40-30-18-26(3)15-27(4)19-30)33(31)41-12-10-36(37,11-13-41)23-39-35(43)44-22-28-8-6-5-7-9-28/h5-9,14-21H,10-13,22-23H2,1-4H3,(H,39,43)(H,40,42). The number of alkyl carbamates (subject to hydrolysis) is 1. The number of aryl methyl sites for hydroxylation is 4. The van der Waals surface area contributed by atoms with Crippen molar-refractivity contribution in [1.82, 2.24) is 10.3 Å². The lowest BCUT2D eigenvalue weighted by molar-refractivity contribution is 0.101. The van der Waals surface area contributed by atoms with Gasteiger partial charge in [0.15, 0.2) is 0 Å². The number of anilines is 2. The Balaban J connectivity index is 1.35. The molecular weight excluding hydrogens is 555 g/mol. The molecule has 1 aliphatic heterocycles. The fourth-order valence-corrected chi connectivity index (χ4v) is 5.86. The predicted octanol–water partition coefficient (Wildman–Crippen LogP) is 7.47. The first kappa shape index (κ1) is 30.7. The van der Waals surface area contributed by atoms with Crippen LogP contribution in [0.1, 0.15) is 51.0 Å². The highest BCUT2D eigenvalue weighted by molar-refractivity contribution is 6.10. The van der Waals surface area contributed by atoms with Gasteiger partial charge in [-0.1, -0.05) is 65.7 Å². The second kappa shape index (κ2) is 13.3. The molecular formula is C36H39FN4O3. The molecule has 0 unspecified atom stereocenters. The maximum absolute atomic E-state index is 15.9. The van der Waals surface area contributed by atoms with E-state index in [2.05, 4.69) is 44.8 Å². The van der Waals surface area contributed by atoms with Crippen LogP contribution in [0.3, 0.4) is 0 Å². The molecule has 0 bridgehead atoms. The minimum atomic E-state index is -1.60. The summed E-state index contributed by atoms with van der Waals surface area (Å²) in [6.07, 6.45) is 3.07. The second-order valence-corrected chi connectivity index (χ2v) is 11.8. The summed E-state index contributed by atoms with van der Waals surface area (Å²) in [5, 5.41) is 5.66. The van der Waals surface area contributed by atoms with Gasteiger partial charge in [-0.05, 0) is 62.1 Å². The second-order valence-electron chi connectivity index (χ2n) is 11.8. The summed E-state index contributed by atoms with van der Waals surface area (Å²) < 4.78 is 21.2. The third-order valence-electron chi connectivity index (χ3n) is 7.91. The topological polar surface area (TPSA) is 83.6 Å². The van der Waals surface area contributed by atoms with E-state index < -0.39 is 11.8 Å². The van der Waals surface area contributed by atoms with Crippen molar-refractivity contribution in [3.05, 3.63) is 113 Å². The zero-order valence-corrected chi connectivity index (χ0v) is 25.7. The number of carbonyl (C=O) groups excluding carboxylic acids is 2. The van der Waals surface area contributed by atoms with Crippen LogP contribution in [0.15, 0.2) is 79.1 Å². The number of hydrogen-bond acceptors (Lipinski definition) is 5. The number of piperidine rings is 1. The maximum Gasteiger partial charge on any atom is 0.407 e. The van der Waals surface area contributed by atoms with Gasteiger partial charge in [-0.25, -0.2) is 9.18 Å². The smallest absolute Gasteiger partial charge is 0.407 e. The Bertz CT molecular complexity index is 1610. The quantitative estimate of drug-likeness (QED) is 0.221. The average molecular weight is 595 g/mol. The van der Waals surface area contributed by atoms with Crippen molar-refractivity contribution in [1.29, 1.82) is 0 Å². The Morgan fingerprint density at radius 3 is 2.14 bits per heavy atom. The fraction of sp³-hybridized carbons (Fsp3) is 0.306. The molecule has 8 heteroatoms. The molecule has 3 aromatic carbocycles. The van der Waals surface area contributed by atoms with Gasteiger partial charge in [0, 0.05) is 49.6 Å². The van der Waals surface area contributed by atoms with Gasteiger partial charge in [-0.3, -0.25) is 9.78 Å². The summed E-state index contributed by atoms with van der Waals surface area (Å²) in [6.45, 7) is 8.76. The third-order valence-corrected chi connectivity index (χ3v) is 7.91. The molecule has 2 heterocycles. The molecule has 0 spiro atoms. The van der Waals surface area contributed by atoms with E-state index in [9.17, 15) is 9.59 Å². The van der Waals surface area contributed by atoms with Crippen LogP contribution >= 0.6 is 0 Å². The lowest BCUT2D eigenvalue weighted by atomic mass is 9.91. The van der Waals surface area contributed by atoms with Crippen LogP contribution in [0.2, 0.25) is 0 Å². The summed E-state index contributed by atoms with van der Waals surface area (Å²) in [6, 6.07) is 21.5. The van der Waals surface area contributed by atoms with Crippen LogP contribution in [-0.4, -0.2) is 42.3 Å². The van der Waals surface area contributed by atoms with E-state index >= 15 is 4.39 Å². The number of nitrogens with zero attached hydrogens (tertiary/aromatic N) is 2. The van der Waals surface area contributed by atoms with Gasteiger partial charge in [-0.2, -0.15) is 0 Å². The van der Waals surface area contributed by atoms with E-state index in [1.165, 1.54) is 0 Å². The van der Waals surface area contributed by atoms with Gasteiger partial charge in [0.2, 0.25) is 0 Å². The summed E-state index contributed by atoms with van der Waals surface area (Å²) in [7, 11) is 0. The Hall–Kier alpha value is -4.72. The number of benzene rings is 3. The van der Waals surface area contributed by atoms with Crippen molar-refractivity contribution in [2.45, 2.75) is 52.8 Å². The maximum atomic E-state index is 15.9. The Morgan fingerprint density at radius 2 is 1.50 bits per heavy atom. The SMILES string of the molecule is Cc1cc(C)cc(NC(=O)c2cncc(-c3cc(C)cc(C)c3)c2N2CCC(F)(CNC(=O)OCc3ccccc3)CC2)c1.